The summed E-state index contributed by atoms with van der Waals surface area (Å²) in [6, 6.07) is 1.65. The second-order valence-electron chi connectivity index (χ2n) is 12.0. The van der Waals surface area contributed by atoms with Crippen molar-refractivity contribution in [3.05, 3.63) is 35.5 Å². The van der Waals surface area contributed by atoms with Crippen LogP contribution in [0.5, 0.6) is 0 Å². The summed E-state index contributed by atoms with van der Waals surface area (Å²) < 4.78 is 29.1. The molecule has 0 bridgehead atoms. The molecule has 6 aliphatic rings. The van der Waals surface area contributed by atoms with Crippen molar-refractivity contribution in [2.24, 2.45) is 22.2 Å². The number of Topliss-reactive ketones (excluding diaryl/α,β-unsaturated/α-hetero) is 1. The number of rotatable bonds is 1. The number of hydrogen-bond acceptors (Lipinski definition) is 10. The number of esters is 2. The average Bonchev–Trinajstić information content (AvgIpc) is 3.28. The molecule has 1 aromatic rings. The van der Waals surface area contributed by atoms with Crippen molar-refractivity contribution in [3.8, 4) is 0 Å². The number of allylic oxidation sites excluding steroid dienone is 1. The largest absolute Gasteiger partial charge is 0.504 e. The van der Waals surface area contributed by atoms with Crippen LogP contribution in [0.3, 0.4) is 0 Å². The zero-order valence-corrected chi connectivity index (χ0v) is 20.4. The maximum atomic E-state index is 14.3. The number of epoxide rings is 1. The average molecular weight is 501 g/mol. The second-order valence-corrected chi connectivity index (χ2v) is 12.0. The predicted molar refractivity (Wildman–Crippen MR) is 117 cm³/mol. The standard InChI is InChI=1S/C26H28O10/c1-22(2)17-16(29)18(30)23(3)12(25(17)10-33-15(28)8-14(25)35-22)7-13(27)24(4)19(11-5-6-32-9-11)34-21(31)20-26(23,24)36-20/h5-6,9,12-14,19-20,27,29H,7-8,10H2,1-4H3/t12-,13-,14-,19-,20-,23-,24-,25+,26+/m0/s1. The number of ether oxygens (including phenoxy) is 4. The van der Waals surface area contributed by atoms with Gasteiger partial charge in [0.2, 0.25) is 5.78 Å². The van der Waals surface area contributed by atoms with E-state index in [1.807, 2.05) is 0 Å². The van der Waals surface area contributed by atoms with E-state index < -0.39 is 81.3 Å². The first-order chi connectivity index (χ1) is 16.9. The number of aliphatic hydroxyl groups excluding tert-OH is 2. The molecule has 0 amide bonds. The summed E-state index contributed by atoms with van der Waals surface area (Å²) in [6.07, 6.45) is -0.817. The topological polar surface area (TPSA) is 145 Å². The van der Waals surface area contributed by atoms with Crippen molar-refractivity contribution >= 4 is 17.7 Å². The molecule has 2 aliphatic carbocycles. The van der Waals surface area contributed by atoms with Crippen LogP contribution in [0.4, 0.5) is 0 Å². The van der Waals surface area contributed by atoms with Crippen LogP contribution in [-0.4, -0.2) is 64.1 Å². The van der Waals surface area contributed by atoms with Gasteiger partial charge in [0.25, 0.3) is 0 Å². The third kappa shape index (κ3) is 2.06. The fourth-order valence-electron chi connectivity index (χ4n) is 8.90. The first kappa shape index (κ1) is 22.5. The van der Waals surface area contributed by atoms with Gasteiger partial charge in [-0.3, -0.25) is 9.59 Å². The number of furan rings is 1. The highest BCUT2D eigenvalue weighted by Crippen LogP contribution is 2.79. The minimum absolute atomic E-state index is 0.0503. The van der Waals surface area contributed by atoms with Gasteiger partial charge in [-0.15, -0.1) is 0 Å². The Morgan fingerprint density at radius 1 is 1.06 bits per heavy atom. The Balaban J connectivity index is 1.49. The Morgan fingerprint density at radius 3 is 2.50 bits per heavy atom. The molecule has 1 saturated carbocycles. The highest BCUT2D eigenvalue weighted by molar-refractivity contribution is 6.03. The molecule has 2 spiro atoms. The van der Waals surface area contributed by atoms with E-state index in [9.17, 15) is 24.6 Å². The molecule has 0 unspecified atom stereocenters. The normalized spacial score (nSPS) is 50.2. The van der Waals surface area contributed by atoms with Gasteiger partial charge in [0.05, 0.1) is 53.0 Å². The van der Waals surface area contributed by atoms with Crippen LogP contribution in [0.2, 0.25) is 0 Å². The van der Waals surface area contributed by atoms with Crippen LogP contribution >= 0.6 is 0 Å². The van der Waals surface area contributed by atoms with E-state index in [1.54, 1.807) is 33.8 Å². The molecule has 4 aliphatic heterocycles. The molecule has 2 N–H and O–H groups in total. The molecular weight excluding hydrogens is 472 g/mol. The van der Waals surface area contributed by atoms with Crippen LogP contribution in [0.25, 0.3) is 0 Å². The number of carbonyl (C=O) groups excluding carboxylic acids is 3. The van der Waals surface area contributed by atoms with Crippen molar-refractivity contribution in [3.63, 3.8) is 0 Å². The molecule has 36 heavy (non-hydrogen) atoms. The number of cyclic esters (lactones) is 2. The maximum absolute atomic E-state index is 14.3. The quantitative estimate of drug-likeness (QED) is 0.433. The van der Waals surface area contributed by atoms with Gasteiger partial charge in [0.15, 0.2) is 11.9 Å². The molecule has 1 aromatic heterocycles. The van der Waals surface area contributed by atoms with Gasteiger partial charge in [0, 0.05) is 11.1 Å². The maximum Gasteiger partial charge on any atom is 0.339 e. The molecule has 7 rings (SSSR count). The lowest BCUT2D eigenvalue weighted by Gasteiger charge is -2.64. The molecule has 4 saturated heterocycles. The third-order valence-electron chi connectivity index (χ3n) is 10.3. The lowest BCUT2D eigenvalue weighted by Crippen LogP contribution is -2.74. The molecule has 0 radical (unpaired) electrons. The van der Waals surface area contributed by atoms with E-state index in [0.29, 0.717) is 11.1 Å². The molecule has 9 atom stereocenters. The van der Waals surface area contributed by atoms with E-state index in [0.717, 1.165) is 0 Å². The number of ketones is 1. The molecular formula is C26H28O10. The molecule has 10 heteroatoms. The highest BCUT2D eigenvalue weighted by atomic mass is 16.7. The minimum Gasteiger partial charge on any atom is -0.504 e. The number of fused-ring (bicyclic) bond motifs is 1. The Hall–Kier alpha value is -2.69. The Labute approximate surface area is 206 Å². The zero-order valence-electron chi connectivity index (χ0n) is 20.4. The number of aliphatic hydroxyl groups is 2. The summed E-state index contributed by atoms with van der Waals surface area (Å²) in [5, 5.41) is 23.4. The van der Waals surface area contributed by atoms with Crippen molar-refractivity contribution in [1.82, 2.24) is 0 Å². The fraction of sp³-hybridized carbons (Fsp3) is 0.654. The molecule has 10 nitrogen and oxygen atoms in total. The second kappa shape index (κ2) is 6.23. The van der Waals surface area contributed by atoms with E-state index in [4.69, 9.17) is 23.4 Å². The lowest BCUT2D eigenvalue weighted by molar-refractivity contribution is -0.240. The first-order valence-electron chi connectivity index (χ1n) is 12.3. The smallest absolute Gasteiger partial charge is 0.339 e. The first-order valence-corrected chi connectivity index (χ1v) is 12.3. The van der Waals surface area contributed by atoms with E-state index in [2.05, 4.69) is 0 Å². The molecule has 5 heterocycles. The van der Waals surface area contributed by atoms with Crippen molar-refractivity contribution in [2.45, 2.75) is 76.2 Å². The van der Waals surface area contributed by atoms with E-state index in [-0.39, 0.29) is 19.4 Å². The van der Waals surface area contributed by atoms with Gasteiger partial charge in [0.1, 0.15) is 18.3 Å². The highest BCUT2D eigenvalue weighted by Gasteiger charge is 2.91. The van der Waals surface area contributed by atoms with Gasteiger partial charge in [-0.05, 0) is 39.2 Å². The third-order valence-corrected chi connectivity index (χ3v) is 10.3. The fourth-order valence-corrected chi connectivity index (χ4v) is 8.90. The van der Waals surface area contributed by atoms with Crippen molar-refractivity contribution < 1.29 is 48.0 Å². The van der Waals surface area contributed by atoms with Crippen LogP contribution in [-0.2, 0) is 33.3 Å². The zero-order chi connectivity index (χ0) is 25.6. The summed E-state index contributed by atoms with van der Waals surface area (Å²) in [7, 11) is 0. The molecule has 5 fully saturated rings. The summed E-state index contributed by atoms with van der Waals surface area (Å²) in [5.41, 5.74) is -5.34. The Kier molecular flexibility index (Phi) is 3.89. The van der Waals surface area contributed by atoms with Gasteiger partial charge in [-0.25, -0.2) is 4.79 Å². The minimum atomic E-state index is -1.47. The number of carbonyl (C=O) groups is 3. The summed E-state index contributed by atoms with van der Waals surface area (Å²) in [4.78, 5) is 39.8. The lowest BCUT2D eigenvalue weighted by atomic mass is 9.38. The van der Waals surface area contributed by atoms with Gasteiger partial charge >= 0.3 is 11.9 Å². The predicted octanol–water partition coefficient (Wildman–Crippen LogP) is 1.91. The monoisotopic (exact) mass is 500 g/mol. The molecule has 192 valence electrons. The number of hydrogen-bond donors (Lipinski definition) is 2. The van der Waals surface area contributed by atoms with Crippen LogP contribution in [0, 0.1) is 22.2 Å². The van der Waals surface area contributed by atoms with E-state index >= 15 is 0 Å². The van der Waals surface area contributed by atoms with Crippen LogP contribution in [0.15, 0.2) is 34.3 Å². The van der Waals surface area contributed by atoms with Crippen LogP contribution in [0.1, 0.15) is 52.2 Å². The van der Waals surface area contributed by atoms with Crippen LogP contribution < -0.4 is 0 Å². The van der Waals surface area contributed by atoms with Crippen molar-refractivity contribution in [1.29, 1.82) is 0 Å². The van der Waals surface area contributed by atoms with E-state index in [1.165, 1.54) is 12.5 Å². The van der Waals surface area contributed by atoms with Gasteiger partial charge in [-0.1, -0.05) is 6.92 Å². The van der Waals surface area contributed by atoms with Gasteiger partial charge < -0.3 is 33.6 Å². The summed E-state index contributed by atoms with van der Waals surface area (Å²) >= 11 is 0. The SMILES string of the molecule is CC1(C)O[C@H]2CC(=O)OC[C@]23C1=C(O)C(=O)[C@]1(C)[C@@H]3C[C@H](O)[C@@]2(C)[C@H](c3ccoc3)OC(=O)[C@@H]3O[C@@]321. The molecule has 0 aromatic carbocycles. The summed E-state index contributed by atoms with van der Waals surface area (Å²) in [5.74, 6) is -2.72. The Morgan fingerprint density at radius 2 is 1.81 bits per heavy atom. The van der Waals surface area contributed by atoms with Crippen molar-refractivity contribution in [2.75, 3.05) is 6.61 Å². The summed E-state index contributed by atoms with van der Waals surface area (Å²) in [6.45, 7) is 6.87. The Bertz CT molecular complexity index is 1260. The van der Waals surface area contributed by atoms with Gasteiger partial charge in [-0.2, -0.15) is 0 Å².